The third kappa shape index (κ3) is 3.33. The Morgan fingerprint density at radius 1 is 1.47 bits per heavy atom. The number of likely N-dealkylation sites (tertiary alicyclic amines) is 1. The van der Waals surface area contributed by atoms with Gasteiger partial charge in [-0.05, 0) is 18.8 Å². The lowest BCUT2D eigenvalue weighted by Gasteiger charge is -2.28. The molecule has 1 rings (SSSR count). The molecule has 3 N–H and O–H groups in total. The van der Waals surface area contributed by atoms with E-state index in [0.29, 0.717) is 12.5 Å². The van der Waals surface area contributed by atoms with Gasteiger partial charge in [-0.25, -0.2) is 9.59 Å². The van der Waals surface area contributed by atoms with Crippen LogP contribution in [0.5, 0.6) is 0 Å². The lowest BCUT2D eigenvalue weighted by Crippen LogP contribution is -2.51. The van der Waals surface area contributed by atoms with Crippen molar-refractivity contribution in [3.05, 3.63) is 0 Å². The van der Waals surface area contributed by atoms with Crippen LogP contribution in [0.2, 0.25) is 0 Å². The number of hydrogen-bond donors (Lipinski definition) is 3. The molecule has 0 aromatic heterocycles. The third-order valence-electron chi connectivity index (χ3n) is 3.11. The number of aliphatic hydroxyl groups is 1. The first-order valence-corrected chi connectivity index (χ1v) is 5.88. The fourth-order valence-electron chi connectivity index (χ4n) is 2.16. The Morgan fingerprint density at radius 2 is 2.12 bits per heavy atom. The van der Waals surface area contributed by atoms with E-state index in [1.54, 1.807) is 4.90 Å². The van der Waals surface area contributed by atoms with Crippen LogP contribution in [0.1, 0.15) is 26.7 Å². The van der Waals surface area contributed by atoms with E-state index in [1.165, 1.54) is 0 Å². The van der Waals surface area contributed by atoms with Crippen molar-refractivity contribution < 1.29 is 19.8 Å². The number of carboxylic acids is 1. The van der Waals surface area contributed by atoms with E-state index in [4.69, 9.17) is 10.2 Å². The van der Waals surface area contributed by atoms with Crippen LogP contribution in [-0.4, -0.2) is 52.3 Å². The number of nitrogens with one attached hydrogen (secondary N) is 1. The van der Waals surface area contributed by atoms with Crippen molar-refractivity contribution in [2.24, 2.45) is 5.92 Å². The van der Waals surface area contributed by atoms with E-state index < -0.39 is 24.6 Å². The second-order valence-corrected chi connectivity index (χ2v) is 4.67. The van der Waals surface area contributed by atoms with Crippen molar-refractivity contribution in [1.29, 1.82) is 0 Å². The zero-order chi connectivity index (χ0) is 13.0. The third-order valence-corrected chi connectivity index (χ3v) is 3.11. The Bertz CT molecular complexity index is 293. The Hall–Kier alpha value is -1.30. The fourth-order valence-corrected chi connectivity index (χ4v) is 2.16. The van der Waals surface area contributed by atoms with Crippen LogP contribution in [0, 0.1) is 5.92 Å². The largest absolute Gasteiger partial charge is 0.480 e. The first-order valence-electron chi connectivity index (χ1n) is 5.88. The van der Waals surface area contributed by atoms with E-state index in [2.05, 4.69) is 5.32 Å². The van der Waals surface area contributed by atoms with Crippen molar-refractivity contribution in [3.8, 4) is 0 Å². The summed E-state index contributed by atoms with van der Waals surface area (Å²) in [7, 11) is 0. The van der Waals surface area contributed by atoms with Gasteiger partial charge in [-0.2, -0.15) is 0 Å². The molecular weight excluding hydrogens is 224 g/mol. The second kappa shape index (κ2) is 5.86. The molecule has 0 saturated carbocycles. The number of carbonyl (C=O) groups excluding carboxylic acids is 1. The van der Waals surface area contributed by atoms with Crippen LogP contribution >= 0.6 is 0 Å². The minimum atomic E-state index is -1.23. The molecule has 1 fully saturated rings. The maximum atomic E-state index is 11.9. The summed E-state index contributed by atoms with van der Waals surface area (Å²) in [6.45, 7) is 4.13. The summed E-state index contributed by atoms with van der Waals surface area (Å²) < 4.78 is 0. The minimum absolute atomic E-state index is 0.156. The predicted molar refractivity (Wildman–Crippen MR) is 61.6 cm³/mol. The van der Waals surface area contributed by atoms with Gasteiger partial charge in [0.05, 0.1) is 6.61 Å². The highest BCUT2D eigenvalue weighted by Gasteiger charge is 2.32. The monoisotopic (exact) mass is 244 g/mol. The number of carbonyl (C=O) groups is 2. The smallest absolute Gasteiger partial charge is 0.328 e. The lowest BCUT2D eigenvalue weighted by atomic mass is 10.0. The molecule has 0 aliphatic carbocycles. The highest BCUT2D eigenvalue weighted by molar-refractivity contribution is 5.83. The second-order valence-electron chi connectivity index (χ2n) is 4.67. The molecule has 0 aromatic carbocycles. The standard InChI is InChI=1S/C11H20N2O4/c1-7(2)9-4-3-5-13(9)11(17)12-8(6-14)10(15)16/h7-9,14H,3-6H2,1-2H3,(H,12,17)(H,15,16)/t8-,9?/m1/s1. The van der Waals surface area contributed by atoms with Gasteiger partial charge >= 0.3 is 12.0 Å². The first kappa shape index (κ1) is 13.8. The number of carboxylic acid groups (broad SMARTS) is 1. The van der Waals surface area contributed by atoms with Gasteiger partial charge in [0.25, 0.3) is 0 Å². The van der Waals surface area contributed by atoms with E-state index in [9.17, 15) is 9.59 Å². The molecule has 17 heavy (non-hydrogen) atoms. The number of amides is 2. The van der Waals surface area contributed by atoms with E-state index in [0.717, 1.165) is 12.8 Å². The average Bonchev–Trinajstić information content (AvgIpc) is 2.73. The normalized spacial score (nSPS) is 21.6. The van der Waals surface area contributed by atoms with Gasteiger partial charge in [0, 0.05) is 12.6 Å². The van der Waals surface area contributed by atoms with Crippen molar-refractivity contribution in [2.75, 3.05) is 13.2 Å². The molecule has 0 aromatic rings. The minimum Gasteiger partial charge on any atom is -0.480 e. The van der Waals surface area contributed by atoms with E-state index >= 15 is 0 Å². The number of aliphatic carboxylic acids is 1. The number of nitrogens with zero attached hydrogens (tertiary/aromatic N) is 1. The summed E-state index contributed by atoms with van der Waals surface area (Å²) in [5.41, 5.74) is 0. The quantitative estimate of drug-likeness (QED) is 0.661. The van der Waals surface area contributed by atoms with Gasteiger partial charge in [0.1, 0.15) is 0 Å². The first-order chi connectivity index (χ1) is 7.97. The highest BCUT2D eigenvalue weighted by atomic mass is 16.4. The summed E-state index contributed by atoms with van der Waals surface area (Å²) in [6, 6.07) is -1.47. The number of aliphatic hydroxyl groups excluding tert-OH is 1. The van der Waals surface area contributed by atoms with Gasteiger partial charge in [0.15, 0.2) is 6.04 Å². The lowest BCUT2D eigenvalue weighted by molar-refractivity contribution is -0.140. The summed E-state index contributed by atoms with van der Waals surface area (Å²) in [5.74, 6) is -0.873. The Morgan fingerprint density at radius 3 is 2.59 bits per heavy atom. The molecule has 1 unspecified atom stereocenters. The van der Waals surface area contributed by atoms with E-state index in [1.807, 2.05) is 13.8 Å². The molecule has 2 atom stereocenters. The molecule has 1 aliphatic heterocycles. The molecule has 0 spiro atoms. The molecule has 2 amide bonds. The zero-order valence-corrected chi connectivity index (χ0v) is 10.2. The molecule has 6 heteroatoms. The van der Waals surface area contributed by atoms with Crippen molar-refractivity contribution >= 4 is 12.0 Å². The Labute approximate surface area is 101 Å². The molecule has 1 heterocycles. The molecule has 1 aliphatic rings. The molecule has 1 saturated heterocycles. The fraction of sp³-hybridized carbons (Fsp3) is 0.818. The molecular formula is C11H20N2O4. The van der Waals surface area contributed by atoms with Gasteiger partial charge in [-0.3, -0.25) is 0 Å². The summed E-state index contributed by atoms with van der Waals surface area (Å²) in [6.07, 6.45) is 1.88. The van der Waals surface area contributed by atoms with Crippen LogP contribution in [-0.2, 0) is 4.79 Å². The van der Waals surface area contributed by atoms with Crippen molar-refractivity contribution in [3.63, 3.8) is 0 Å². The molecule has 98 valence electrons. The molecule has 6 nitrogen and oxygen atoms in total. The Kier molecular flexibility index (Phi) is 4.74. The van der Waals surface area contributed by atoms with Crippen LogP contribution in [0.4, 0.5) is 4.79 Å². The van der Waals surface area contributed by atoms with Crippen LogP contribution in [0.25, 0.3) is 0 Å². The van der Waals surface area contributed by atoms with Crippen molar-refractivity contribution in [1.82, 2.24) is 10.2 Å². The zero-order valence-electron chi connectivity index (χ0n) is 10.2. The topological polar surface area (TPSA) is 89.9 Å². The maximum absolute atomic E-state index is 11.9. The average molecular weight is 244 g/mol. The van der Waals surface area contributed by atoms with Crippen LogP contribution in [0.3, 0.4) is 0 Å². The summed E-state index contributed by atoms with van der Waals surface area (Å²) in [4.78, 5) is 24.2. The summed E-state index contributed by atoms with van der Waals surface area (Å²) >= 11 is 0. The van der Waals surface area contributed by atoms with Gasteiger partial charge in [-0.1, -0.05) is 13.8 Å². The maximum Gasteiger partial charge on any atom is 0.328 e. The highest BCUT2D eigenvalue weighted by Crippen LogP contribution is 2.23. The number of hydrogen-bond acceptors (Lipinski definition) is 3. The van der Waals surface area contributed by atoms with Crippen LogP contribution < -0.4 is 5.32 Å². The van der Waals surface area contributed by atoms with E-state index in [-0.39, 0.29) is 6.04 Å². The van der Waals surface area contributed by atoms with Crippen LogP contribution in [0.15, 0.2) is 0 Å². The number of rotatable bonds is 4. The predicted octanol–water partition coefficient (Wildman–Crippen LogP) is 0.262. The SMILES string of the molecule is CC(C)C1CCCN1C(=O)N[C@H](CO)C(=O)O. The van der Waals surface area contributed by atoms with Gasteiger partial charge < -0.3 is 20.4 Å². The number of urea groups is 1. The van der Waals surface area contributed by atoms with Gasteiger partial charge in [-0.15, -0.1) is 0 Å². The molecule has 0 bridgehead atoms. The molecule has 0 radical (unpaired) electrons. The van der Waals surface area contributed by atoms with Gasteiger partial charge in [0.2, 0.25) is 0 Å². The van der Waals surface area contributed by atoms with Crippen molar-refractivity contribution in [2.45, 2.75) is 38.8 Å². The summed E-state index contributed by atoms with van der Waals surface area (Å²) in [5, 5.41) is 19.9. The Balaban J connectivity index is 2.60.